The second kappa shape index (κ2) is 12.4. The molecule has 6 aliphatic carbocycles. The lowest BCUT2D eigenvalue weighted by molar-refractivity contribution is 0.176. The van der Waals surface area contributed by atoms with Gasteiger partial charge in [-0.25, -0.2) is 0 Å². The van der Waals surface area contributed by atoms with Crippen LogP contribution in [0.5, 0.6) is 0 Å². The third kappa shape index (κ3) is 8.02. The van der Waals surface area contributed by atoms with Crippen LogP contribution in [0.4, 0.5) is 0 Å². The first kappa shape index (κ1) is 24.3. The highest BCUT2D eigenvalue weighted by molar-refractivity contribution is 4.82. The fourth-order valence-electron chi connectivity index (χ4n) is 4.45. The van der Waals surface area contributed by atoms with Gasteiger partial charge in [0.2, 0.25) is 0 Å². The zero-order chi connectivity index (χ0) is 12.2. The SMILES string of the molecule is C.C.C.C.C1CC1.C1CC2CCC1C2.C1CC2CCC1CC2. The van der Waals surface area contributed by atoms with Crippen molar-refractivity contribution < 1.29 is 0 Å². The van der Waals surface area contributed by atoms with Crippen molar-refractivity contribution in [1.29, 1.82) is 0 Å². The van der Waals surface area contributed by atoms with Crippen molar-refractivity contribution in [3.63, 3.8) is 0 Å². The van der Waals surface area contributed by atoms with Gasteiger partial charge >= 0.3 is 0 Å². The largest absolute Gasteiger partial charge is 0.0776 e. The van der Waals surface area contributed by atoms with E-state index in [1.165, 1.54) is 31.1 Å². The molecule has 6 fully saturated rings. The van der Waals surface area contributed by atoms with Crippen molar-refractivity contribution >= 4 is 0 Å². The van der Waals surface area contributed by atoms with Gasteiger partial charge in [-0.2, -0.15) is 0 Å². The molecule has 0 aliphatic heterocycles. The summed E-state index contributed by atoms with van der Waals surface area (Å²) in [5.41, 5.74) is 0. The van der Waals surface area contributed by atoms with Gasteiger partial charge in [-0.1, -0.05) is 113 Å². The quantitative estimate of drug-likeness (QED) is 0.420. The highest BCUT2D eigenvalue weighted by Crippen LogP contribution is 2.44. The van der Waals surface area contributed by atoms with Crippen molar-refractivity contribution in [3.05, 3.63) is 0 Å². The molecule has 0 aromatic heterocycles. The summed E-state index contributed by atoms with van der Waals surface area (Å²) in [6, 6.07) is 0. The number of rotatable bonds is 0. The summed E-state index contributed by atoms with van der Waals surface area (Å²) < 4.78 is 0. The first-order chi connectivity index (χ1) is 8.90. The highest BCUT2D eigenvalue weighted by atomic mass is 14.4. The van der Waals surface area contributed by atoms with Crippen LogP contribution in [-0.2, 0) is 0 Å². The maximum atomic E-state index is 1.58. The third-order valence-corrected chi connectivity index (χ3v) is 5.94. The van der Waals surface area contributed by atoms with E-state index in [0.29, 0.717) is 0 Å². The van der Waals surface area contributed by atoms with Crippen LogP contribution in [0.15, 0.2) is 0 Å². The molecule has 0 aromatic carbocycles. The smallest absolute Gasteiger partial charge is 0.0411 e. The van der Waals surface area contributed by atoms with Crippen molar-refractivity contribution in [2.24, 2.45) is 23.7 Å². The third-order valence-electron chi connectivity index (χ3n) is 5.94. The summed E-state index contributed by atoms with van der Waals surface area (Å²) in [7, 11) is 0. The average molecular weight is 313 g/mol. The summed E-state index contributed by atoms with van der Waals surface area (Å²) in [5.74, 6) is 4.65. The van der Waals surface area contributed by atoms with Crippen LogP contribution in [0.25, 0.3) is 0 Å². The minimum Gasteiger partial charge on any atom is -0.0776 e. The second-order valence-corrected chi connectivity index (χ2v) is 7.65. The first-order valence-corrected chi connectivity index (χ1v) is 8.90. The molecule has 6 saturated carbocycles. The normalized spacial score (nSPS) is 34.9. The minimum atomic E-state index is 0. The predicted octanol–water partition coefficient (Wildman–Crippen LogP) is 8.50. The fourth-order valence-corrected chi connectivity index (χ4v) is 4.45. The molecule has 136 valence electrons. The van der Waals surface area contributed by atoms with Gasteiger partial charge < -0.3 is 0 Å². The van der Waals surface area contributed by atoms with Gasteiger partial charge in [0.25, 0.3) is 0 Å². The predicted molar refractivity (Wildman–Crippen MR) is 106 cm³/mol. The molecular formula is C22H48. The van der Waals surface area contributed by atoms with Crippen molar-refractivity contribution in [2.45, 2.75) is 120 Å². The lowest BCUT2D eigenvalue weighted by Crippen LogP contribution is -2.21. The molecule has 0 radical (unpaired) electrons. The van der Waals surface area contributed by atoms with E-state index in [-0.39, 0.29) is 29.7 Å². The fraction of sp³-hybridized carbons (Fsp3) is 1.00. The van der Waals surface area contributed by atoms with Gasteiger partial charge in [-0.05, 0) is 30.1 Å². The van der Waals surface area contributed by atoms with E-state index in [1.54, 1.807) is 70.6 Å². The Labute approximate surface area is 143 Å². The van der Waals surface area contributed by atoms with Crippen molar-refractivity contribution in [1.82, 2.24) is 0 Å². The maximum Gasteiger partial charge on any atom is -0.0411 e. The Balaban J connectivity index is 0. The lowest BCUT2D eigenvalue weighted by Gasteiger charge is -2.35. The van der Waals surface area contributed by atoms with E-state index >= 15 is 0 Å². The molecule has 0 nitrogen and oxygen atoms in total. The molecule has 22 heavy (non-hydrogen) atoms. The molecule has 0 spiro atoms. The van der Waals surface area contributed by atoms with Crippen LogP contribution in [-0.4, -0.2) is 0 Å². The van der Waals surface area contributed by atoms with Crippen LogP contribution < -0.4 is 0 Å². The molecule has 0 aromatic rings. The van der Waals surface area contributed by atoms with Crippen LogP contribution in [0.3, 0.4) is 0 Å². The second-order valence-electron chi connectivity index (χ2n) is 7.65. The van der Waals surface area contributed by atoms with Gasteiger partial charge in [-0.3, -0.25) is 0 Å². The van der Waals surface area contributed by atoms with E-state index < -0.39 is 0 Å². The molecule has 0 heterocycles. The molecule has 0 amide bonds. The molecular weight excluding hydrogens is 264 g/mol. The minimum absolute atomic E-state index is 0. The van der Waals surface area contributed by atoms with E-state index in [4.69, 9.17) is 0 Å². The van der Waals surface area contributed by atoms with E-state index in [2.05, 4.69) is 0 Å². The molecule has 0 saturated heterocycles. The summed E-state index contributed by atoms with van der Waals surface area (Å²) in [6.07, 6.45) is 21.7. The zero-order valence-corrected chi connectivity index (χ0v) is 12.2. The van der Waals surface area contributed by atoms with Gasteiger partial charge in [0.15, 0.2) is 0 Å². The van der Waals surface area contributed by atoms with Crippen LogP contribution in [0.2, 0.25) is 0 Å². The van der Waals surface area contributed by atoms with Crippen LogP contribution >= 0.6 is 0 Å². The van der Waals surface area contributed by atoms with Crippen LogP contribution in [0, 0.1) is 23.7 Å². The van der Waals surface area contributed by atoms with Gasteiger partial charge in [0.05, 0.1) is 0 Å². The van der Waals surface area contributed by atoms with Gasteiger partial charge in [0, 0.05) is 0 Å². The average Bonchev–Trinajstić information content (AvgIpc) is 3.19. The zero-order valence-electron chi connectivity index (χ0n) is 12.2. The van der Waals surface area contributed by atoms with Crippen molar-refractivity contribution in [2.75, 3.05) is 0 Å². The standard InChI is InChI=1S/C8H14.C7H12.C3H6.4CH4/c1-2-8-5-3-7(1)4-6-8;1-2-7-4-3-6(1)5-7;1-2-3-1;;;;/h7-8H,1-6H2;6-7H,1-5H2;1-3H2;4*1H4. The Hall–Kier alpha value is 0. The van der Waals surface area contributed by atoms with E-state index in [9.17, 15) is 0 Å². The number of fused-ring (bicyclic) bond motifs is 5. The Morgan fingerprint density at radius 2 is 0.545 bits per heavy atom. The molecule has 0 atom stereocenters. The number of hydrogen-bond donors (Lipinski definition) is 0. The first-order valence-electron chi connectivity index (χ1n) is 8.90. The van der Waals surface area contributed by atoms with E-state index in [0.717, 1.165) is 11.8 Å². The lowest BCUT2D eigenvalue weighted by atomic mass is 9.71. The van der Waals surface area contributed by atoms with Gasteiger partial charge in [0.1, 0.15) is 0 Å². The molecule has 0 N–H and O–H groups in total. The summed E-state index contributed by atoms with van der Waals surface area (Å²) in [6.45, 7) is 0. The monoisotopic (exact) mass is 312 g/mol. The Bertz CT molecular complexity index is 191. The molecule has 6 aliphatic rings. The van der Waals surface area contributed by atoms with Crippen LogP contribution in [0.1, 0.15) is 120 Å². The van der Waals surface area contributed by atoms with Crippen molar-refractivity contribution in [3.8, 4) is 0 Å². The molecule has 0 unspecified atom stereocenters. The molecule has 0 heteroatoms. The highest BCUT2D eigenvalue weighted by Gasteiger charge is 2.30. The Morgan fingerprint density at radius 3 is 0.636 bits per heavy atom. The molecule has 4 bridgehead atoms. The molecule has 6 rings (SSSR count). The Morgan fingerprint density at radius 1 is 0.318 bits per heavy atom. The Kier molecular flexibility index (Phi) is 13.7. The number of hydrogen-bond acceptors (Lipinski definition) is 0. The van der Waals surface area contributed by atoms with Gasteiger partial charge in [-0.15, -0.1) is 0 Å². The van der Waals surface area contributed by atoms with E-state index in [1.807, 2.05) is 0 Å². The summed E-state index contributed by atoms with van der Waals surface area (Å²) in [4.78, 5) is 0. The summed E-state index contributed by atoms with van der Waals surface area (Å²) in [5, 5.41) is 0. The maximum absolute atomic E-state index is 1.58. The summed E-state index contributed by atoms with van der Waals surface area (Å²) >= 11 is 0. The topological polar surface area (TPSA) is 0 Å².